The fourth-order valence-corrected chi connectivity index (χ4v) is 1.89. The van der Waals surface area contributed by atoms with E-state index in [2.05, 4.69) is 9.97 Å². The van der Waals surface area contributed by atoms with Crippen LogP contribution in [0.15, 0.2) is 55.0 Å². The van der Waals surface area contributed by atoms with Crippen LogP contribution in [0.4, 0.5) is 5.69 Å². The molecule has 1 heterocycles. The Morgan fingerprint density at radius 2 is 1.95 bits per heavy atom. The molecule has 0 saturated heterocycles. The van der Waals surface area contributed by atoms with Gasteiger partial charge < -0.3 is 10.5 Å². The highest BCUT2D eigenvalue weighted by molar-refractivity contribution is 5.84. The highest BCUT2D eigenvalue weighted by atomic mass is 16.5. The summed E-state index contributed by atoms with van der Waals surface area (Å²) in [6, 6.07) is 13.6. The van der Waals surface area contributed by atoms with E-state index in [0.29, 0.717) is 18.0 Å². The third-order valence-corrected chi connectivity index (χ3v) is 2.87. The van der Waals surface area contributed by atoms with Crippen LogP contribution in [-0.4, -0.2) is 9.97 Å². The van der Waals surface area contributed by atoms with Gasteiger partial charge in [0.25, 0.3) is 0 Å². The molecule has 0 amide bonds. The van der Waals surface area contributed by atoms with Crippen LogP contribution in [0.5, 0.6) is 5.75 Å². The summed E-state index contributed by atoms with van der Waals surface area (Å²) in [6.07, 6.45) is 3.25. The van der Waals surface area contributed by atoms with Crippen LogP contribution in [0.1, 0.15) is 5.56 Å². The number of ether oxygens (including phenoxy) is 1. The fourth-order valence-electron chi connectivity index (χ4n) is 1.89. The average molecular weight is 251 g/mol. The lowest BCUT2D eigenvalue weighted by Gasteiger charge is -2.09. The number of anilines is 1. The summed E-state index contributed by atoms with van der Waals surface area (Å²) in [5.74, 6) is 0.648. The second-order valence-electron chi connectivity index (χ2n) is 4.25. The lowest BCUT2D eigenvalue weighted by atomic mass is 10.2. The molecule has 0 aliphatic rings. The van der Waals surface area contributed by atoms with Crippen molar-refractivity contribution >= 4 is 16.6 Å². The Morgan fingerprint density at radius 3 is 2.79 bits per heavy atom. The summed E-state index contributed by atoms with van der Waals surface area (Å²) < 4.78 is 5.75. The van der Waals surface area contributed by atoms with Crippen LogP contribution < -0.4 is 10.5 Å². The van der Waals surface area contributed by atoms with E-state index in [1.165, 1.54) is 6.33 Å². The second-order valence-corrected chi connectivity index (χ2v) is 4.25. The van der Waals surface area contributed by atoms with Crippen molar-refractivity contribution in [2.75, 3.05) is 5.73 Å². The van der Waals surface area contributed by atoms with Gasteiger partial charge in [0.15, 0.2) is 0 Å². The molecule has 0 fully saturated rings. The monoisotopic (exact) mass is 251 g/mol. The standard InChI is InChI=1S/C15H13N3O/c16-13-6-12-8-17-10-18-14(12)7-15(13)19-9-11-4-2-1-3-5-11/h1-8,10H,9,16H2. The van der Waals surface area contributed by atoms with E-state index in [1.807, 2.05) is 42.5 Å². The smallest absolute Gasteiger partial charge is 0.144 e. The summed E-state index contributed by atoms with van der Waals surface area (Å²) >= 11 is 0. The zero-order valence-corrected chi connectivity index (χ0v) is 10.3. The molecule has 0 aliphatic heterocycles. The minimum atomic E-state index is 0.488. The third kappa shape index (κ3) is 2.47. The van der Waals surface area contributed by atoms with Crippen molar-refractivity contribution in [3.63, 3.8) is 0 Å². The third-order valence-electron chi connectivity index (χ3n) is 2.87. The van der Waals surface area contributed by atoms with E-state index in [0.717, 1.165) is 16.5 Å². The number of hydrogen-bond acceptors (Lipinski definition) is 4. The molecule has 19 heavy (non-hydrogen) atoms. The number of nitrogens with zero attached hydrogens (tertiary/aromatic N) is 2. The predicted molar refractivity (Wildman–Crippen MR) is 74.7 cm³/mol. The summed E-state index contributed by atoms with van der Waals surface area (Å²) in [7, 11) is 0. The molecule has 94 valence electrons. The topological polar surface area (TPSA) is 61.0 Å². The molecule has 2 aromatic carbocycles. The van der Waals surface area contributed by atoms with Crippen molar-refractivity contribution in [3.8, 4) is 5.75 Å². The van der Waals surface area contributed by atoms with Gasteiger partial charge >= 0.3 is 0 Å². The van der Waals surface area contributed by atoms with Crippen molar-refractivity contribution in [2.24, 2.45) is 0 Å². The molecule has 4 nitrogen and oxygen atoms in total. The maximum absolute atomic E-state index is 5.97. The van der Waals surface area contributed by atoms with E-state index in [9.17, 15) is 0 Å². The molecule has 3 aromatic rings. The molecule has 2 N–H and O–H groups in total. The van der Waals surface area contributed by atoms with Crippen molar-refractivity contribution in [1.82, 2.24) is 9.97 Å². The predicted octanol–water partition coefficient (Wildman–Crippen LogP) is 2.79. The largest absolute Gasteiger partial charge is 0.487 e. The SMILES string of the molecule is Nc1cc2cncnc2cc1OCc1ccccc1. The molecular formula is C15H13N3O. The lowest BCUT2D eigenvalue weighted by molar-refractivity contribution is 0.308. The number of hydrogen-bond donors (Lipinski definition) is 1. The van der Waals surface area contributed by atoms with Crippen molar-refractivity contribution in [2.45, 2.75) is 6.61 Å². The minimum Gasteiger partial charge on any atom is -0.487 e. The quantitative estimate of drug-likeness (QED) is 0.727. The molecule has 0 atom stereocenters. The Bertz CT molecular complexity index is 698. The Labute approximate surface area is 110 Å². The molecule has 0 bridgehead atoms. The van der Waals surface area contributed by atoms with Crippen molar-refractivity contribution < 1.29 is 4.74 Å². The van der Waals surface area contributed by atoms with Gasteiger partial charge in [-0.05, 0) is 11.6 Å². The van der Waals surface area contributed by atoms with Gasteiger partial charge in [-0.15, -0.1) is 0 Å². The van der Waals surface area contributed by atoms with Crippen LogP contribution in [0.25, 0.3) is 10.9 Å². The zero-order chi connectivity index (χ0) is 13.1. The summed E-state index contributed by atoms with van der Waals surface area (Å²) in [5.41, 5.74) is 8.49. The van der Waals surface area contributed by atoms with Crippen LogP contribution in [0.3, 0.4) is 0 Å². The van der Waals surface area contributed by atoms with Gasteiger partial charge in [-0.3, -0.25) is 0 Å². The maximum atomic E-state index is 5.97. The van der Waals surface area contributed by atoms with E-state index in [-0.39, 0.29) is 0 Å². The summed E-state index contributed by atoms with van der Waals surface area (Å²) in [5, 5.41) is 0.909. The number of fused-ring (bicyclic) bond motifs is 1. The van der Waals surface area contributed by atoms with E-state index >= 15 is 0 Å². The van der Waals surface area contributed by atoms with Gasteiger partial charge in [0, 0.05) is 17.6 Å². The van der Waals surface area contributed by atoms with Crippen LogP contribution in [-0.2, 0) is 6.61 Å². The number of aromatic nitrogens is 2. The van der Waals surface area contributed by atoms with Crippen LogP contribution in [0.2, 0.25) is 0 Å². The van der Waals surface area contributed by atoms with E-state index < -0.39 is 0 Å². The summed E-state index contributed by atoms with van der Waals surface area (Å²) in [4.78, 5) is 8.16. The Kier molecular flexibility index (Phi) is 2.98. The number of nitrogen functional groups attached to an aromatic ring is 1. The van der Waals surface area contributed by atoms with Crippen molar-refractivity contribution in [1.29, 1.82) is 0 Å². The molecule has 0 saturated carbocycles. The van der Waals surface area contributed by atoms with Gasteiger partial charge in [-0.1, -0.05) is 30.3 Å². The Hall–Kier alpha value is -2.62. The highest BCUT2D eigenvalue weighted by Gasteiger charge is 2.04. The number of benzene rings is 2. The Morgan fingerprint density at radius 1 is 1.11 bits per heavy atom. The van der Waals surface area contributed by atoms with Gasteiger partial charge in [0.1, 0.15) is 18.7 Å². The van der Waals surface area contributed by atoms with Gasteiger partial charge in [-0.2, -0.15) is 0 Å². The number of rotatable bonds is 3. The molecule has 4 heteroatoms. The van der Waals surface area contributed by atoms with Crippen molar-refractivity contribution in [3.05, 3.63) is 60.6 Å². The highest BCUT2D eigenvalue weighted by Crippen LogP contribution is 2.27. The number of nitrogens with two attached hydrogens (primary N) is 1. The second kappa shape index (κ2) is 4.94. The maximum Gasteiger partial charge on any atom is 0.144 e. The lowest BCUT2D eigenvalue weighted by Crippen LogP contribution is -1.99. The first-order valence-electron chi connectivity index (χ1n) is 5.99. The van der Waals surface area contributed by atoms with Gasteiger partial charge in [0.05, 0.1) is 11.2 Å². The molecule has 0 aliphatic carbocycles. The minimum absolute atomic E-state index is 0.488. The zero-order valence-electron chi connectivity index (χ0n) is 10.3. The molecule has 0 spiro atoms. The van der Waals surface area contributed by atoms with E-state index in [1.54, 1.807) is 6.20 Å². The van der Waals surface area contributed by atoms with Gasteiger partial charge in [-0.25, -0.2) is 9.97 Å². The van der Waals surface area contributed by atoms with Gasteiger partial charge in [0.2, 0.25) is 0 Å². The van der Waals surface area contributed by atoms with E-state index in [4.69, 9.17) is 10.5 Å². The first-order valence-corrected chi connectivity index (χ1v) is 5.99. The van der Waals surface area contributed by atoms with Crippen LogP contribution >= 0.6 is 0 Å². The molecule has 1 aromatic heterocycles. The first-order chi connectivity index (χ1) is 9.33. The molecule has 3 rings (SSSR count). The fraction of sp³-hybridized carbons (Fsp3) is 0.0667. The van der Waals surface area contributed by atoms with Crippen LogP contribution in [0, 0.1) is 0 Å². The normalized spacial score (nSPS) is 10.5. The summed E-state index contributed by atoms with van der Waals surface area (Å²) in [6.45, 7) is 0.488. The first kappa shape index (κ1) is 11.5. The molecule has 0 unspecified atom stereocenters. The average Bonchev–Trinajstić information content (AvgIpc) is 2.46. The molecular weight excluding hydrogens is 238 g/mol. The Balaban J connectivity index is 1.86. The molecule has 0 radical (unpaired) electrons.